The Balaban J connectivity index is 2.12. The molecule has 2 atom stereocenters. The van der Waals surface area contributed by atoms with Gasteiger partial charge in [-0.05, 0) is 44.7 Å². The van der Waals surface area contributed by atoms with Crippen LogP contribution in [-0.2, 0) is 15.7 Å². The molecule has 1 aliphatic heterocycles. The van der Waals surface area contributed by atoms with Crippen molar-refractivity contribution in [2.24, 2.45) is 0 Å². The zero-order chi connectivity index (χ0) is 20.0. The van der Waals surface area contributed by atoms with E-state index in [4.69, 9.17) is 14.2 Å². The highest BCUT2D eigenvalue weighted by atomic mass is 19.4. The van der Waals surface area contributed by atoms with Gasteiger partial charge in [-0.15, -0.1) is 6.58 Å². The van der Waals surface area contributed by atoms with E-state index in [0.717, 1.165) is 25.0 Å². The summed E-state index contributed by atoms with van der Waals surface area (Å²) < 4.78 is 69.7. The van der Waals surface area contributed by atoms with Gasteiger partial charge in [-0.3, -0.25) is 0 Å². The molecule has 1 aliphatic rings. The summed E-state index contributed by atoms with van der Waals surface area (Å²) in [5.74, 6) is -3.42. The maximum atomic E-state index is 14.2. The van der Waals surface area contributed by atoms with Crippen LogP contribution in [0.3, 0.4) is 0 Å². The molecular formula is C19H22F4O4. The first-order valence-electron chi connectivity index (χ1n) is 8.73. The smallest absolute Gasteiger partial charge is 0.420 e. The fourth-order valence-corrected chi connectivity index (χ4v) is 2.89. The molecule has 4 nitrogen and oxygen atoms in total. The van der Waals surface area contributed by atoms with Crippen molar-refractivity contribution in [3.8, 4) is 5.75 Å². The van der Waals surface area contributed by atoms with Gasteiger partial charge in [0.25, 0.3) is 0 Å². The zero-order valence-electron chi connectivity index (χ0n) is 15.0. The Bertz CT molecular complexity index is 664. The second-order valence-electron chi connectivity index (χ2n) is 6.16. The van der Waals surface area contributed by atoms with Crippen molar-refractivity contribution in [3.63, 3.8) is 0 Å². The number of hydrogen-bond donors (Lipinski definition) is 0. The zero-order valence-corrected chi connectivity index (χ0v) is 15.0. The quantitative estimate of drug-likeness (QED) is 0.377. The number of rotatable bonds is 7. The van der Waals surface area contributed by atoms with Gasteiger partial charge in [0.1, 0.15) is 11.7 Å². The minimum Gasteiger partial charge on any atom is -0.491 e. The molecule has 1 aromatic rings. The second kappa shape index (κ2) is 9.21. The Morgan fingerprint density at radius 1 is 1.37 bits per heavy atom. The first kappa shape index (κ1) is 21.2. The van der Waals surface area contributed by atoms with Crippen LogP contribution in [0.2, 0.25) is 0 Å². The van der Waals surface area contributed by atoms with Gasteiger partial charge >= 0.3 is 12.1 Å². The molecule has 0 saturated carbocycles. The molecule has 0 aromatic heterocycles. The van der Waals surface area contributed by atoms with Crippen molar-refractivity contribution in [1.82, 2.24) is 0 Å². The summed E-state index contributed by atoms with van der Waals surface area (Å²) >= 11 is 0. The number of alkyl halides is 3. The third kappa shape index (κ3) is 5.45. The van der Waals surface area contributed by atoms with Crippen LogP contribution in [0.1, 0.15) is 48.5 Å². The normalized spacial score (nSPS) is 20.2. The standard InChI is InChI=1S/C19H22F4O4/c1-3-5-6-12-7-8-13(11-26-12)27-18(24)14-9-10-15(25-4-2)17(20)16(14)19(21,22)23/h3,9-10,12-13H,1,4-8,11H2,2H3. The largest absolute Gasteiger partial charge is 0.491 e. The predicted molar refractivity (Wildman–Crippen MR) is 90.2 cm³/mol. The van der Waals surface area contributed by atoms with Crippen LogP contribution in [0.25, 0.3) is 0 Å². The highest BCUT2D eigenvalue weighted by Gasteiger charge is 2.41. The Kier molecular flexibility index (Phi) is 7.24. The van der Waals surface area contributed by atoms with Gasteiger partial charge in [-0.25, -0.2) is 9.18 Å². The van der Waals surface area contributed by atoms with Crippen molar-refractivity contribution >= 4 is 5.97 Å². The second-order valence-corrected chi connectivity index (χ2v) is 6.16. The van der Waals surface area contributed by atoms with Crippen molar-refractivity contribution in [2.75, 3.05) is 13.2 Å². The summed E-state index contributed by atoms with van der Waals surface area (Å²) in [6.07, 6.45) is -1.30. The number of benzene rings is 1. The van der Waals surface area contributed by atoms with Crippen molar-refractivity contribution in [2.45, 2.75) is 51.0 Å². The van der Waals surface area contributed by atoms with Gasteiger partial charge in [0.15, 0.2) is 11.6 Å². The van der Waals surface area contributed by atoms with Gasteiger partial charge in [0, 0.05) is 0 Å². The van der Waals surface area contributed by atoms with Crippen LogP contribution in [0, 0.1) is 5.82 Å². The minimum absolute atomic E-state index is 0.00612. The molecule has 1 saturated heterocycles. The topological polar surface area (TPSA) is 44.8 Å². The Labute approximate surface area is 155 Å². The number of hydrogen-bond acceptors (Lipinski definition) is 4. The van der Waals surface area contributed by atoms with Gasteiger partial charge in [-0.1, -0.05) is 6.08 Å². The molecule has 0 amide bonds. The number of allylic oxidation sites excluding steroid dienone is 1. The molecule has 0 radical (unpaired) electrons. The first-order valence-corrected chi connectivity index (χ1v) is 8.73. The molecule has 1 fully saturated rings. The van der Waals surface area contributed by atoms with Crippen molar-refractivity contribution in [3.05, 3.63) is 41.7 Å². The van der Waals surface area contributed by atoms with Crippen LogP contribution in [0.15, 0.2) is 24.8 Å². The summed E-state index contributed by atoms with van der Waals surface area (Å²) in [4.78, 5) is 12.3. The number of carbonyl (C=O) groups excluding carboxylic acids is 1. The number of halogens is 4. The molecule has 1 heterocycles. The maximum Gasteiger partial charge on any atom is 0.420 e. The molecule has 150 valence electrons. The number of ether oxygens (including phenoxy) is 3. The molecular weight excluding hydrogens is 368 g/mol. The molecule has 0 bridgehead atoms. The molecule has 0 spiro atoms. The Morgan fingerprint density at radius 2 is 2.11 bits per heavy atom. The van der Waals surface area contributed by atoms with E-state index in [0.29, 0.717) is 12.8 Å². The van der Waals surface area contributed by atoms with Crippen LogP contribution in [0.5, 0.6) is 5.75 Å². The van der Waals surface area contributed by atoms with Crippen LogP contribution in [0.4, 0.5) is 17.6 Å². The lowest BCUT2D eigenvalue weighted by atomic mass is 10.0. The van der Waals surface area contributed by atoms with E-state index in [-0.39, 0.29) is 19.3 Å². The average molecular weight is 390 g/mol. The summed E-state index contributed by atoms with van der Waals surface area (Å²) in [5, 5.41) is 0. The lowest BCUT2D eigenvalue weighted by Crippen LogP contribution is -2.33. The van der Waals surface area contributed by atoms with E-state index in [1.807, 2.05) is 0 Å². The maximum absolute atomic E-state index is 14.2. The summed E-state index contributed by atoms with van der Waals surface area (Å²) in [6, 6.07) is 1.86. The Morgan fingerprint density at radius 3 is 2.67 bits per heavy atom. The van der Waals surface area contributed by atoms with Gasteiger partial charge < -0.3 is 14.2 Å². The average Bonchev–Trinajstić information content (AvgIpc) is 2.61. The highest BCUT2D eigenvalue weighted by Crippen LogP contribution is 2.38. The fourth-order valence-electron chi connectivity index (χ4n) is 2.89. The molecule has 0 aliphatic carbocycles. The predicted octanol–water partition coefficient (Wildman–Crippen LogP) is 4.91. The molecule has 1 aromatic carbocycles. The first-order chi connectivity index (χ1) is 12.8. The van der Waals surface area contributed by atoms with E-state index in [2.05, 4.69) is 6.58 Å². The Hall–Kier alpha value is -2.09. The highest BCUT2D eigenvalue weighted by molar-refractivity contribution is 5.91. The van der Waals surface area contributed by atoms with Crippen molar-refractivity contribution < 1.29 is 36.6 Å². The van der Waals surface area contributed by atoms with Crippen LogP contribution in [-0.4, -0.2) is 31.4 Å². The summed E-state index contributed by atoms with van der Waals surface area (Å²) in [6.45, 7) is 5.23. The molecule has 8 heteroatoms. The van der Waals surface area contributed by atoms with E-state index in [9.17, 15) is 22.4 Å². The SMILES string of the molecule is C=CCCC1CCC(OC(=O)c2ccc(OCC)c(F)c2C(F)(F)F)CO1. The van der Waals surface area contributed by atoms with Crippen molar-refractivity contribution in [1.29, 1.82) is 0 Å². The lowest BCUT2D eigenvalue weighted by Gasteiger charge is -2.29. The van der Waals surface area contributed by atoms with Gasteiger partial charge in [0.2, 0.25) is 0 Å². The fraction of sp³-hybridized carbons (Fsp3) is 0.526. The number of carbonyl (C=O) groups is 1. The van der Waals surface area contributed by atoms with E-state index in [1.54, 1.807) is 6.08 Å². The van der Waals surface area contributed by atoms with E-state index < -0.39 is 40.9 Å². The van der Waals surface area contributed by atoms with Crippen LogP contribution < -0.4 is 4.74 Å². The minimum atomic E-state index is -5.07. The summed E-state index contributed by atoms with van der Waals surface area (Å²) in [5.41, 5.74) is -2.56. The monoisotopic (exact) mass is 390 g/mol. The summed E-state index contributed by atoms with van der Waals surface area (Å²) in [7, 11) is 0. The third-order valence-electron chi connectivity index (χ3n) is 4.20. The lowest BCUT2D eigenvalue weighted by molar-refractivity contribution is -0.141. The molecule has 27 heavy (non-hydrogen) atoms. The van der Waals surface area contributed by atoms with E-state index >= 15 is 0 Å². The van der Waals surface area contributed by atoms with Gasteiger partial charge in [0.05, 0.1) is 24.9 Å². The number of esters is 1. The molecule has 2 unspecified atom stereocenters. The van der Waals surface area contributed by atoms with Crippen LogP contribution >= 0.6 is 0 Å². The van der Waals surface area contributed by atoms with Gasteiger partial charge in [-0.2, -0.15) is 13.2 Å². The third-order valence-corrected chi connectivity index (χ3v) is 4.20. The van der Waals surface area contributed by atoms with E-state index in [1.165, 1.54) is 6.92 Å². The molecule has 0 N–H and O–H groups in total. The molecule has 2 rings (SSSR count).